The Kier molecular flexibility index (Phi) is 5.63. The predicted molar refractivity (Wildman–Crippen MR) is 87.0 cm³/mol. The van der Waals surface area contributed by atoms with E-state index in [1.807, 2.05) is 6.07 Å². The maximum atomic E-state index is 12.8. The number of carbonyl (C=O) groups is 1. The fraction of sp³-hybridized carbons (Fsp3) is 0.533. The maximum Gasteiger partial charge on any atom is 0.310 e. The number of aryl methyl sites for hydroxylation is 1. The standard InChI is InChI=1S/C15H20BrNO4S/c1-3-21-15(18)12-5-4-8-17(10-12)22(19,20)14-9-13(16)7-6-11(14)2/h6-7,9,12H,3-5,8,10H2,1-2H3/t12-/m1/s1. The second kappa shape index (κ2) is 7.10. The molecule has 1 atom stereocenters. The van der Waals surface area contributed by atoms with E-state index >= 15 is 0 Å². The molecule has 1 aliphatic heterocycles. The Morgan fingerprint density at radius 1 is 1.45 bits per heavy atom. The van der Waals surface area contributed by atoms with Crippen molar-refractivity contribution in [3.8, 4) is 0 Å². The molecule has 22 heavy (non-hydrogen) atoms. The largest absolute Gasteiger partial charge is 0.466 e. The maximum absolute atomic E-state index is 12.8. The number of rotatable bonds is 4. The van der Waals surface area contributed by atoms with Crippen LogP contribution in [0, 0.1) is 12.8 Å². The molecular formula is C15H20BrNO4S. The second-order valence-corrected chi connectivity index (χ2v) is 8.19. The van der Waals surface area contributed by atoms with Crippen molar-refractivity contribution in [1.29, 1.82) is 0 Å². The highest BCUT2D eigenvalue weighted by Crippen LogP contribution is 2.28. The minimum absolute atomic E-state index is 0.188. The lowest BCUT2D eigenvalue weighted by Crippen LogP contribution is -2.42. The van der Waals surface area contributed by atoms with E-state index in [0.717, 1.165) is 4.47 Å². The number of hydrogen-bond donors (Lipinski definition) is 0. The normalized spacial score (nSPS) is 19.9. The summed E-state index contributed by atoms with van der Waals surface area (Å²) in [7, 11) is -3.60. The molecule has 7 heteroatoms. The van der Waals surface area contributed by atoms with Gasteiger partial charge in [-0.1, -0.05) is 22.0 Å². The number of benzene rings is 1. The highest BCUT2D eigenvalue weighted by atomic mass is 79.9. The van der Waals surface area contributed by atoms with Gasteiger partial charge in [0.05, 0.1) is 17.4 Å². The van der Waals surface area contributed by atoms with Crippen LogP contribution in [0.5, 0.6) is 0 Å². The van der Waals surface area contributed by atoms with Gasteiger partial charge in [0, 0.05) is 17.6 Å². The van der Waals surface area contributed by atoms with Gasteiger partial charge in [-0.25, -0.2) is 8.42 Å². The van der Waals surface area contributed by atoms with Gasteiger partial charge in [-0.15, -0.1) is 0 Å². The first-order valence-corrected chi connectivity index (χ1v) is 9.52. The topological polar surface area (TPSA) is 63.7 Å². The lowest BCUT2D eigenvalue weighted by molar-refractivity contribution is -0.149. The number of hydrogen-bond acceptors (Lipinski definition) is 4. The second-order valence-electron chi connectivity index (χ2n) is 5.36. The zero-order valence-corrected chi connectivity index (χ0v) is 15.1. The third-order valence-corrected chi connectivity index (χ3v) is 6.27. The van der Waals surface area contributed by atoms with E-state index < -0.39 is 10.0 Å². The van der Waals surface area contributed by atoms with Crippen LogP contribution < -0.4 is 0 Å². The molecule has 1 aromatic rings. The van der Waals surface area contributed by atoms with Crippen LogP contribution in [0.2, 0.25) is 0 Å². The Morgan fingerprint density at radius 3 is 2.86 bits per heavy atom. The van der Waals surface area contributed by atoms with Crippen molar-refractivity contribution in [2.24, 2.45) is 5.92 Å². The summed E-state index contributed by atoms with van der Waals surface area (Å²) in [6, 6.07) is 5.19. The highest BCUT2D eigenvalue weighted by molar-refractivity contribution is 9.10. The summed E-state index contributed by atoms with van der Waals surface area (Å²) in [5, 5.41) is 0. The van der Waals surface area contributed by atoms with Gasteiger partial charge in [-0.05, 0) is 44.4 Å². The van der Waals surface area contributed by atoms with Gasteiger partial charge in [0.15, 0.2) is 0 Å². The number of esters is 1. The van der Waals surface area contributed by atoms with Gasteiger partial charge in [0.2, 0.25) is 10.0 Å². The molecule has 2 rings (SSSR count). The molecule has 0 radical (unpaired) electrons. The zero-order chi connectivity index (χ0) is 16.3. The van der Waals surface area contributed by atoms with Crippen molar-refractivity contribution in [1.82, 2.24) is 4.31 Å². The molecule has 0 N–H and O–H groups in total. The summed E-state index contributed by atoms with van der Waals surface area (Å²) in [6.07, 6.45) is 1.33. The number of ether oxygens (including phenoxy) is 1. The molecule has 1 saturated heterocycles. The van der Waals surface area contributed by atoms with Crippen molar-refractivity contribution in [2.45, 2.75) is 31.6 Å². The number of piperidine rings is 1. The van der Waals surface area contributed by atoms with Crippen molar-refractivity contribution < 1.29 is 17.9 Å². The molecule has 0 saturated carbocycles. The third kappa shape index (κ3) is 3.70. The molecule has 0 amide bonds. The minimum Gasteiger partial charge on any atom is -0.466 e. The lowest BCUT2D eigenvalue weighted by atomic mass is 10.0. The quantitative estimate of drug-likeness (QED) is 0.742. The van der Waals surface area contributed by atoms with E-state index in [-0.39, 0.29) is 23.3 Å². The van der Waals surface area contributed by atoms with Crippen molar-refractivity contribution in [3.05, 3.63) is 28.2 Å². The van der Waals surface area contributed by atoms with Crippen LogP contribution in [0.1, 0.15) is 25.3 Å². The van der Waals surface area contributed by atoms with Gasteiger partial charge in [0.25, 0.3) is 0 Å². The molecule has 1 fully saturated rings. The number of carbonyl (C=O) groups excluding carboxylic acids is 1. The Bertz CT molecular complexity index is 660. The van der Waals surface area contributed by atoms with Crippen molar-refractivity contribution in [2.75, 3.05) is 19.7 Å². The van der Waals surface area contributed by atoms with Crippen molar-refractivity contribution >= 4 is 31.9 Å². The van der Waals surface area contributed by atoms with Gasteiger partial charge < -0.3 is 4.74 Å². The lowest BCUT2D eigenvalue weighted by Gasteiger charge is -2.31. The van der Waals surface area contributed by atoms with E-state index in [0.29, 0.717) is 31.6 Å². The van der Waals surface area contributed by atoms with Crippen LogP contribution in [0.3, 0.4) is 0 Å². The first-order chi connectivity index (χ1) is 10.4. The highest BCUT2D eigenvalue weighted by Gasteiger charge is 2.34. The van der Waals surface area contributed by atoms with Gasteiger partial charge in [-0.2, -0.15) is 4.31 Å². The minimum atomic E-state index is -3.60. The molecule has 0 aliphatic carbocycles. The van der Waals surface area contributed by atoms with E-state index in [9.17, 15) is 13.2 Å². The summed E-state index contributed by atoms with van der Waals surface area (Å²) in [5.74, 6) is -0.690. The van der Waals surface area contributed by atoms with Gasteiger partial charge in [0.1, 0.15) is 0 Å². The number of sulfonamides is 1. The molecule has 122 valence electrons. The molecule has 0 spiro atoms. The van der Waals surface area contributed by atoms with Crippen LogP contribution in [0.4, 0.5) is 0 Å². The number of nitrogens with zero attached hydrogens (tertiary/aromatic N) is 1. The first-order valence-electron chi connectivity index (χ1n) is 7.29. The van der Waals surface area contributed by atoms with Crippen LogP contribution in [0.15, 0.2) is 27.6 Å². The predicted octanol–water partition coefficient (Wildman–Crippen LogP) is 2.72. The summed E-state index contributed by atoms with van der Waals surface area (Å²) >= 11 is 3.31. The van der Waals surface area contributed by atoms with E-state index in [1.54, 1.807) is 26.0 Å². The average molecular weight is 390 g/mol. The summed E-state index contributed by atoms with van der Waals surface area (Å²) in [4.78, 5) is 12.2. The fourth-order valence-electron chi connectivity index (χ4n) is 2.60. The Hall–Kier alpha value is -0.920. The molecular weight excluding hydrogens is 370 g/mol. The fourth-order valence-corrected chi connectivity index (χ4v) is 4.89. The van der Waals surface area contributed by atoms with Gasteiger partial charge >= 0.3 is 5.97 Å². The third-order valence-electron chi connectivity index (χ3n) is 3.77. The zero-order valence-electron chi connectivity index (χ0n) is 12.7. The molecule has 0 aromatic heterocycles. The van der Waals surface area contributed by atoms with E-state index in [1.165, 1.54) is 4.31 Å². The molecule has 0 bridgehead atoms. The van der Waals surface area contributed by atoms with E-state index in [2.05, 4.69) is 15.9 Å². The SMILES string of the molecule is CCOC(=O)[C@@H]1CCCN(S(=O)(=O)c2cc(Br)ccc2C)C1. The molecule has 1 aliphatic rings. The Morgan fingerprint density at radius 2 is 2.18 bits per heavy atom. The Balaban J connectivity index is 2.25. The smallest absolute Gasteiger partial charge is 0.310 e. The van der Waals surface area contributed by atoms with Crippen LogP contribution in [-0.4, -0.2) is 38.4 Å². The molecule has 0 unspecified atom stereocenters. The van der Waals surface area contributed by atoms with Crippen LogP contribution in [-0.2, 0) is 19.6 Å². The monoisotopic (exact) mass is 389 g/mol. The van der Waals surface area contributed by atoms with Crippen molar-refractivity contribution in [3.63, 3.8) is 0 Å². The van der Waals surface area contributed by atoms with Crippen LogP contribution in [0.25, 0.3) is 0 Å². The van der Waals surface area contributed by atoms with Crippen LogP contribution >= 0.6 is 15.9 Å². The molecule has 1 heterocycles. The molecule has 5 nitrogen and oxygen atoms in total. The molecule has 1 aromatic carbocycles. The number of halogens is 1. The average Bonchev–Trinajstić information content (AvgIpc) is 2.50. The van der Waals surface area contributed by atoms with Gasteiger partial charge in [-0.3, -0.25) is 4.79 Å². The van der Waals surface area contributed by atoms with E-state index in [4.69, 9.17) is 4.74 Å². The first kappa shape index (κ1) is 17.4. The Labute approximate surface area is 139 Å². The summed E-state index contributed by atoms with van der Waals surface area (Å²) in [6.45, 7) is 4.45. The summed E-state index contributed by atoms with van der Waals surface area (Å²) < 4.78 is 32.8. The summed E-state index contributed by atoms with van der Waals surface area (Å²) in [5.41, 5.74) is 0.696.